The van der Waals surface area contributed by atoms with Crippen LogP contribution in [0.2, 0.25) is 0 Å². The molecule has 0 heterocycles. The molecule has 0 radical (unpaired) electrons. The Kier molecular flexibility index (Phi) is 4.15. The molecular weight excluding hydrogens is 284 g/mol. The van der Waals surface area contributed by atoms with Crippen LogP contribution < -0.4 is 0 Å². The van der Waals surface area contributed by atoms with Crippen LogP contribution in [0.4, 0.5) is 8.78 Å². The first-order chi connectivity index (χ1) is 9.43. The second-order valence-corrected chi connectivity index (χ2v) is 6.28. The van der Waals surface area contributed by atoms with E-state index >= 15 is 0 Å². The summed E-state index contributed by atoms with van der Waals surface area (Å²) >= 11 is 0. The summed E-state index contributed by atoms with van der Waals surface area (Å²) in [5, 5.41) is 0. The molecular formula is C14H13F2NO2S. The summed E-state index contributed by atoms with van der Waals surface area (Å²) in [6, 6.07) is 11.8. The Morgan fingerprint density at radius 2 is 1.50 bits per heavy atom. The standard InChI is InChI=1S/C14H13F2NO2S/c1-17(10-11-6-3-2-4-7-11)20(18,19)14-12(15)8-5-9-13(14)16/h2-9H,10H2,1H3. The molecule has 0 amide bonds. The minimum atomic E-state index is -4.22. The molecule has 6 heteroatoms. The predicted molar refractivity (Wildman–Crippen MR) is 71.5 cm³/mol. The molecule has 0 saturated heterocycles. The van der Waals surface area contributed by atoms with Gasteiger partial charge in [0.05, 0.1) is 0 Å². The van der Waals surface area contributed by atoms with E-state index in [0.717, 1.165) is 28.1 Å². The van der Waals surface area contributed by atoms with Crippen LogP contribution >= 0.6 is 0 Å². The van der Waals surface area contributed by atoms with Crippen molar-refractivity contribution in [3.8, 4) is 0 Å². The second-order valence-electron chi connectivity index (χ2n) is 4.30. The molecule has 0 fully saturated rings. The maximum atomic E-state index is 13.6. The van der Waals surface area contributed by atoms with Crippen molar-refractivity contribution >= 4 is 10.0 Å². The Hall–Kier alpha value is -1.79. The molecule has 0 aromatic heterocycles. The largest absolute Gasteiger partial charge is 0.248 e. The van der Waals surface area contributed by atoms with E-state index in [9.17, 15) is 17.2 Å². The van der Waals surface area contributed by atoms with Crippen LogP contribution in [0.15, 0.2) is 53.4 Å². The Balaban J connectivity index is 2.35. The Morgan fingerprint density at radius 3 is 2.05 bits per heavy atom. The minimum absolute atomic E-state index is 0.0386. The number of rotatable bonds is 4. The van der Waals surface area contributed by atoms with E-state index in [1.807, 2.05) is 0 Å². The van der Waals surface area contributed by atoms with Gasteiger partial charge in [-0.3, -0.25) is 0 Å². The number of benzene rings is 2. The summed E-state index contributed by atoms with van der Waals surface area (Å²) in [4.78, 5) is -0.918. The van der Waals surface area contributed by atoms with Crippen molar-refractivity contribution in [3.63, 3.8) is 0 Å². The van der Waals surface area contributed by atoms with Crippen molar-refractivity contribution in [2.45, 2.75) is 11.4 Å². The third kappa shape index (κ3) is 2.86. The lowest BCUT2D eigenvalue weighted by molar-refractivity contribution is 0.448. The lowest BCUT2D eigenvalue weighted by Crippen LogP contribution is -2.28. The smallest absolute Gasteiger partial charge is 0.207 e. The lowest BCUT2D eigenvalue weighted by atomic mass is 10.2. The van der Waals surface area contributed by atoms with Gasteiger partial charge in [0.2, 0.25) is 10.0 Å². The maximum Gasteiger partial charge on any atom is 0.248 e. The minimum Gasteiger partial charge on any atom is -0.207 e. The molecule has 0 atom stereocenters. The van der Waals surface area contributed by atoms with Gasteiger partial charge in [0.1, 0.15) is 11.6 Å². The monoisotopic (exact) mass is 297 g/mol. The average Bonchev–Trinajstić information content (AvgIpc) is 2.39. The van der Waals surface area contributed by atoms with Crippen molar-refractivity contribution in [2.75, 3.05) is 7.05 Å². The normalized spacial score (nSPS) is 11.8. The first-order valence-corrected chi connectivity index (χ1v) is 7.31. The molecule has 106 valence electrons. The number of hydrogen-bond donors (Lipinski definition) is 0. The van der Waals surface area contributed by atoms with Crippen LogP contribution in [0.25, 0.3) is 0 Å². The number of hydrogen-bond acceptors (Lipinski definition) is 2. The van der Waals surface area contributed by atoms with E-state index in [1.165, 1.54) is 7.05 Å². The zero-order valence-electron chi connectivity index (χ0n) is 10.8. The van der Waals surface area contributed by atoms with Crippen molar-refractivity contribution in [1.82, 2.24) is 4.31 Å². The molecule has 0 aliphatic rings. The van der Waals surface area contributed by atoms with Crippen molar-refractivity contribution in [3.05, 3.63) is 65.7 Å². The Bertz CT molecular complexity index is 682. The van der Waals surface area contributed by atoms with Crippen molar-refractivity contribution in [2.24, 2.45) is 0 Å². The summed E-state index contributed by atoms with van der Waals surface area (Å²) < 4.78 is 52.6. The van der Waals surface area contributed by atoms with Crippen molar-refractivity contribution in [1.29, 1.82) is 0 Å². The highest BCUT2D eigenvalue weighted by Crippen LogP contribution is 2.22. The first-order valence-electron chi connectivity index (χ1n) is 5.87. The Labute approximate surface area is 116 Å². The summed E-state index contributed by atoms with van der Waals surface area (Å²) in [5.74, 6) is -2.19. The van der Waals surface area contributed by atoms with Crippen LogP contribution in [0.1, 0.15) is 5.56 Å². The SMILES string of the molecule is CN(Cc1ccccc1)S(=O)(=O)c1c(F)cccc1F. The quantitative estimate of drug-likeness (QED) is 0.870. The van der Waals surface area contributed by atoms with Gasteiger partial charge < -0.3 is 0 Å². The number of nitrogens with zero attached hydrogens (tertiary/aromatic N) is 1. The van der Waals surface area contributed by atoms with E-state index in [2.05, 4.69) is 0 Å². The molecule has 0 bridgehead atoms. The van der Waals surface area contributed by atoms with Crippen LogP contribution in [-0.2, 0) is 16.6 Å². The topological polar surface area (TPSA) is 37.4 Å². The fourth-order valence-electron chi connectivity index (χ4n) is 1.81. The summed E-state index contributed by atoms with van der Waals surface area (Å²) in [6.07, 6.45) is 0. The van der Waals surface area contributed by atoms with E-state index in [1.54, 1.807) is 30.3 Å². The highest BCUT2D eigenvalue weighted by molar-refractivity contribution is 7.89. The highest BCUT2D eigenvalue weighted by Gasteiger charge is 2.28. The molecule has 20 heavy (non-hydrogen) atoms. The van der Waals surface area contributed by atoms with E-state index in [4.69, 9.17) is 0 Å². The summed E-state index contributed by atoms with van der Waals surface area (Å²) in [5.41, 5.74) is 0.732. The van der Waals surface area contributed by atoms with Gasteiger partial charge in [-0.05, 0) is 17.7 Å². The van der Waals surface area contributed by atoms with Crippen LogP contribution in [0, 0.1) is 11.6 Å². The van der Waals surface area contributed by atoms with E-state index in [-0.39, 0.29) is 6.54 Å². The van der Waals surface area contributed by atoms with Gasteiger partial charge in [-0.25, -0.2) is 17.2 Å². The van der Waals surface area contributed by atoms with Crippen molar-refractivity contribution < 1.29 is 17.2 Å². The summed E-state index contributed by atoms with van der Waals surface area (Å²) in [6.45, 7) is 0.0386. The van der Waals surface area contributed by atoms with Gasteiger partial charge in [0, 0.05) is 13.6 Å². The number of sulfonamides is 1. The third-order valence-corrected chi connectivity index (χ3v) is 4.69. The van der Waals surface area contributed by atoms with Gasteiger partial charge in [0.15, 0.2) is 4.90 Å². The van der Waals surface area contributed by atoms with Crippen LogP contribution in [0.5, 0.6) is 0 Å². The first kappa shape index (κ1) is 14.6. The average molecular weight is 297 g/mol. The van der Waals surface area contributed by atoms with Crippen LogP contribution in [-0.4, -0.2) is 19.8 Å². The predicted octanol–water partition coefficient (Wildman–Crippen LogP) is 2.79. The van der Waals surface area contributed by atoms with Gasteiger partial charge in [0.25, 0.3) is 0 Å². The molecule has 2 aromatic carbocycles. The molecule has 3 nitrogen and oxygen atoms in total. The molecule has 0 spiro atoms. The molecule has 0 aliphatic carbocycles. The lowest BCUT2D eigenvalue weighted by Gasteiger charge is -2.18. The summed E-state index contributed by atoms with van der Waals surface area (Å²) in [7, 11) is -2.93. The Morgan fingerprint density at radius 1 is 0.950 bits per heavy atom. The molecule has 0 aliphatic heterocycles. The fourth-order valence-corrected chi connectivity index (χ4v) is 3.07. The molecule has 0 unspecified atom stereocenters. The van der Waals surface area contributed by atoms with E-state index in [0.29, 0.717) is 0 Å². The van der Waals surface area contributed by atoms with E-state index < -0.39 is 26.6 Å². The van der Waals surface area contributed by atoms with Gasteiger partial charge >= 0.3 is 0 Å². The molecule has 0 N–H and O–H groups in total. The van der Waals surface area contributed by atoms with Gasteiger partial charge in [-0.2, -0.15) is 4.31 Å². The molecule has 0 saturated carbocycles. The van der Waals surface area contributed by atoms with Gasteiger partial charge in [-0.1, -0.05) is 36.4 Å². The molecule has 2 aromatic rings. The zero-order chi connectivity index (χ0) is 14.8. The van der Waals surface area contributed by atoms with Crippen LogP contribution in [0.3, 0.4) is 0 Å². The molecule has 2 rings (SSSR count). The number of halogens is 2. The second kappa shape index (κ2) is 5.68. The highest BCUT2D eigenvalue weighted by atomic mass is 32.2. The zero-order valence-corrected chi connectivity index (χ0v) is 11.6. The maximum absolute atomic E-state index is 13.6. The van der Waals surface area contributed by atoms with Gasteiger partial charge in [-0.15, -0.1) is 0 Å². The fraction of sp³-hybridized carbons (Fsp3) is 0.143. The third-order valence-electron chi connectivity index (χ3n) is 2.84.